The van der Waals surface area contributed by atoms with Crippen LogP contribution in [0.1, 0.15) is 49.0 Å². The number of esters is 1. The van der Waals surface area contributed by atoms with Crippen LogP contribution >= 0.6 is 0 Å². The summed E-state index contributed by atoms with van der Waals surface area (Å²) < 4.78 is 24.5. The van der Waals surface area contributed by atoms with Crippen LogP contribution in [0.5, 0.6) is 0 Å². The molecule has 6 heteroatoms. The fourth-order valence-corrected chi connectivity index (χ4v) is 2.76. The molecule has 2 rings (SSSR count). The van der Waals surface area contributed by atoms with Crippen LogP contribution in [0.15, 0.2) is 24.3 Å². The third-order valence-electron chi connectivity index (χ3n) is 3.95. The molecule has 1 heterocycles. The van der Waals surface area contributed by atoms with Gasteiger partial charge in [-0.05, 0) is 44.9 Å². The van der Waals surface area contributed by atoms with E-state index < -0.39 is 23.8 Å². The number of piperidine rings is 1. The van der Waals surface area contributed by atoms with Crippen LogP contribution in [0, 0.1) is 0 Å². The Morgan fingerprint density at radius 3 is 2.33 bits per heavy atom. The molecule has 0 bridgehead atoms. The number of hydrogen-bond donors (Lipinski definition) is 0. The molecule has 132 valence electrons. The second kappa shape index (κ2) is 7.20. The Kier molecular flexibility index (Phi) is 5.47. The molecule has 1 aliphatic rings. The van der Waals surface area contributed by atoms with E-state index in [-0.39, 0.29) is 12.5 Å². The van der Waals surface area contributed by atoms with Crippen molar-refractivity contribution in [2.24, 2.45) is 0 Å². The maximum absolute atomic E-state index is 14.6. The zero-order chi connectivity index (χ0) is 17.9. The van der Waals surface area contributed by atoms with Crippen molar-refractivity contribution in [3.63, 3.8) is 0 Å². The van der Waals surface area contributed by atoms with Crippen molar-refractivity contribution >= 4 is 12.1 Å². The monoisotopic (exact) mass is 337 g/mol. The Morgan fingerprint density at radius 2 is 1.83 bits per heavy atom. The van der Waals surface area contributed by atoms with Gasteiger partial charge in [0.25, 0.3) is 0 Å². The quantitative estimate of drug-likeness (QED) is 0.775. The lowest BCUT2D eigenvalue weighted by atomic mass is 9.87. The van der Waals surface area contributed by atoms with Gasteiger partial charge < -0.3 is 14.4 Å². The molecule has 1 aromatic carbocycles. The Bertz CT molecular complexity index is 594. The third kappa shape index (κ3) is 4.46. The van der Waals surface area contributed by atoms with Gasteiger partial charge >= 0.3 is 12.1 Å². The highest BCUT2D eigenvalue weighted by Gasteiger charge is 2.34. The summed E-state index contributed by atoms with van der Waals surface area (Å²) in [5, 5.41) is 0. The minimum Gasteiger partial charge on any atom is -0.465 e. The van der Waals surface area contributed by atoms with Crippen LogP contribution in [-0.4, -0.2) is 48.9 Å². The average Bonchev–Trinajstić information content (AvgIpc) is 2.52. The first-order valence-corrected chi connectivity index (χ1v) is 8.01. The van der Waals surface area contributed by atoms with Gasteiger partial charge in [-0.15, -0.1) is 0 Å². The molecule has 0 aliphatic carbocycles. The molecule has 0 spiro atoms. The van der Waals surface area contributed by atoms with Crippen molar-refractivity contribution in [3.05, 3.63) is 35.4 Å². The summed E-state index contributed by atoms with van der Waals surface area (Å²) in [6, 6.07) is 6.75. The van der Waals surface area contributed by atoms with E-state index in [0.29, 0.717) is 18.5 Å². The lowest BCUT2D eigenvalue weighted by Gasteiger charge is -2.35. The highest BCUT2D eigenvalue weighted by atomic mass is 19.1. The van der Waals surface area contributed by atoms with E-state index in [9.17, 15) is 14.0 Å². The number of amides is 1. The molecule has 1 amide bonds. The molecule has 1 fully saturated rings. The van der Waals surface area contributed by atoms with Crippen LogP contribution in [0.2, 0.25) is 0 Å². The summed E-state index contributed by atoms with van der Waals surface area (Å²) in [6.45, 7) is 5.81. The number of likely N-dealkylation sites (tertiary alicyclic amines) is 1. The number of benzene rings is 1. The van der Waals surface area contributed by atoms with Crippen LogP contribution in [-0.2, 0) is 9.47 Å². The first kappa shape index (κ1) is 18.2. The Labute approximate surface area is 141 Å². The zero-order valence-corrected chi connectivity index (χ0v) is 14.5. The maximum atomic E-state index is 14.6. The Hall–Kier alpha value is -2.11. The molecule has 24 heavy (non-hydrogen) atoms. The van der Waals surface area contributed by atoms with Gasteiger partial charge in [-0.25, -0.2) is 14.0 Å². The van der Waals surface area contributed by atoms with E-state index in [2.05, 4.69) is 4.74 Å². The van der Waals surface area contributed by atoms with Crippen LogP contribution < -0.4 is 0 Å². The minimum atomic E-state index is -1.17. The summed E-state index contributed by atoms with van der Waals surface area (Å²) in [4.78, 5) is 24.9. The van der Waals surface area contributed by atoms with Crippen molar-refractivity contribution in [3.8, 4) is 0 Å². The fourth-order valence-electron chi connectivity index (χ4n) is 2.76. The van der Waals surface area contributed by atoms with Gasteiger partial charge in [-0.2, -0.15) is 0 Å². The molecule has 2 atom stereocenters. The number of carbonyl (C=O) groups excluding carboxylic acids is 2. The van der Waals surface area contributed by atoms with E-state index in [0.717, 1.165) is 5.56 Å². The van der Waals surface area contributed by atoms with E-state index in [4.69, 9.17) is 4.74 Å². The number of rotatable bonds is 2. The molecule has 5 nitrogen and oxygen atoms in total. The van der Waals surface area contributed by atoms with Crippen molar-refractivity contribution < 1.29 is 23.5 Å². The molecule has 0 N–H and O–H groups in total. The van der Waals surface area contributed by atoms with Crippen LogP contribution in [0.3, 0.4) is 0 Å². The second-order valence-corrected chi connectivity index (χ2v) is 6.95. The molecule has 0 aromatic heterocycles. The predicted molar refractivity (Wildman–Crippen MR) is 87.8 cm³/mol. The van der Waals surface area contributed by atoms with Crippen molar-refractivity contribution in [1.82, 2.24) is 4.90 Å². The minimum absolute atomic E-state index is 0.0122. The zero-order valence-electron chi connectivity index (χ0n) is 14.5. The predicted octanol–water partition coefficient (Wildman–Crippen LogP) is 3.54. The first-order chi connectivity index (χ1) is 11.2. The smallest absolute Gasteiger partial charge is 0.410 e. The second-order valence-electron chi connectivity index (χ2n) is 6.95. The highest BCUT2D eigenvalue weighted by molar-refractivity contribution is 5.89. The molecule has 1 saturated heterocycles. The van der Waals surface area contributed by atoms with Gasteiger partial charge in [0.1, 0.15) is 11.8 Å². The van der Waals surface area contributed by atoms with Crippen LogP contribution in [0.4, 0.5) is 9.18 Å². The van der Waals surface area contributed by atoms with E-state index >= 15 is 0 Å². The summed E-state index contributed by atoms with van der Waals surface area (Å²) in [5.74, 6) is -0.714. The number of halogens is 1. The number of nitrogens with zero attached hydrogens (tertiary/aromatic N) is 1. The fraction of sp³-hybridized carbons (Fsp3) is 0.556. The summed E-state index contributed by atoms with van der Waals surface area (Å²) in [5.41, 5.74) is 0.658. The average molecular weight is 337 g/mol. The molecule has 1 aliphatic heterocycles. The molecular weight excluding hydrogens is 313 g/mol. The summed E-state index contributed by atoms with van der Waals surface area (Å²) in [7, 11) is 1.32. The van der Waals surface area contributed by atoms with Gasteiger partial charge in [0.15, 0.2) is 0 Å². The van der Waals surface area contributed by atoms with Crippen LogP contribution in [0.25, 0.3) is 0 Å². The van der Waals surface area contributed by atoms with Gasteiger partial charge in [-0.1, -0.05) is 12.1 Å². The molecule has 0 radical (unpaired) electrons. The molecular formula is C18H24FNO4. The van der Waals surface area contributed by atoms with Gasteiger partial charge in [0, 0.05) is 12.5 Å². The third-order valence-corrected chi connectivity index (χ3v) is 3.95. The number of alkyl halides is 1. The maximum Gasteiger partial charge on any atom is 0.410 e. The van der Waals surface area contributed by atoms with E-state index in [1.54, 1.807) is 45.0 Å². The SMILES string of the molecule is COC(=O)c1ccc([C@H]2CCN(C(=O)OC(C)(C)C)C[C@H]2F)cc1. The Balaban J connectivity index is 2.01. The largest absolute Gasteiger partial charge is 0.465 e. The van der Waals surface area contributed by atoms with Crippen molar-refractivity contribution in [2.75, 3.05) is 20.2 Å². The molecule has 0 unspecified atom stereocenters. The topological polar surface area (TPSA) is 55.8 Å². The summed E-state index contributed by atoms with van der Waals surface area (Å²) >= 11 is 0. The lowest BCUT2D eigenvalue weighted by Crippen LogP contribution is -2.46. The van der Waals surface area contributed by atoms with Gasteiger partial charge in [-0.3, -0.25) is 0 Å². The van der Waals surface area contributed by atoms with E-state index in [1.165, 1.54) is 12.0 Å². The normalized spacial score (nSPS) is 21.3. The van der Waals surface area contributed by atoms with E-state index in [1.807, 2.05) is 0 Å². The van der Waals surface area contributed by atoms with Crippen molar-refractivity contribution in [1.29, 1.82) is 0 Å². The van der Waals surface area contributed by atoms with Gasteiger partial charge in [0.2, 0.25) is 0 Å². The number of ether oxygens (including phenoxy) is 2. The lowest BCUT2D eigenvalue weighted by molar-refractivity contribution is 0.0111. The standard InChI is InChI=1S/C18H24FNO4/c1-18(2,3)24-17(22)20-10-9-14(15(19)11-20)12-5-7-13(8-6-12)16(21)23-4/h5-8,14-15H,9-11H2,1-4H3/t14-,15-/m1/s1. The number of carbonyl (C=O) groups is 2. The first-order valence-electron chi connectivity index (χ1n) is 8.01. The Morgan fingerprint density at radius 1 is 1.21 bits per heavy atom. The molecule has 1 aromatic rings. The van der Waals surface area contributed by atoms with Gasteiger partial charge in [0.05, 0.1) is 19.2 Å². The number of methoxy groups -OCH3 is 1. The molecule has 0 saturated carbocycles. The highest BCUT2D eigenvalue weighted by Crippen LogP contribution is 2.31. The summed E-state index contributed by atoms with van der Waals surface area (Å²) in [6.07, 6.45) is -1.14. The van der Waals surface area contributed by atoms with Crippen molar-refractivity contribution in [2.45, 2.75) is 44.9 Å². The number of hydrogen-bond acceptors (Lipinski definition) is 4.